The SMILES string of the molecule is Cc1cccc(C(C)C)c1NC(=O)c1cc(Cl)c(Cl)n1C. The third-order valence-electron chi connectivity index (χ3n) is 3.51. The highest BCUT2D eigenvalue weighted by Crippen LogP contribution is 2.29. The van der Waals surface area contributed by atoms with Crippen LogP contribution in [0.4, 0.5) is 5.69 Å². The van der Waals surface area contributed by atoms with Crippen LogP contribution in [0.15, 0.2) is 24.3 Å². The zero-order chi connectivity index (χ0) is 15.7. The summed E-state index contributed by atoms with van der Waals surface area (Å²) in [6.07, 6.45) is 0. The van der Waals surface area contributed by atoms with E-state index in [0.29, 0.717) is 21.8 Å². The van der Waals surface area contributed by atoms with E-state index in [0.717, 1.165) is 16.8 Å². The number of aromatic nitrogens is 1. The quantitative estimate of drug-likeness (QED) is 0.845. The van der Waals surface area contributed by atoms with Gasteiger partial charge in [-0.15, -0.1) is 0 Å². The lowest BCUT2D eigenvalue weighted by molar-refractivity contribution is 0.101. The molecule has 0 aliphatic heterocycles. The van der Waals surface area contributed by atoms with Crippen molar-refractivity contribution in [2.24, 2.45) is 7.05 Å². The average Bonchev–Trinajstić information content (AvgIpc) is 2.68. The molecule has 112 valence electrons. The first-order valence-electron chi connectivity index (χ1n) is 6.74. The molecular formula is C16H18Cl2N2O. The molecule has 21 heavy (non-hydrogen) atoms. The Morgan fingerprint density at radius 3 is 2.48 bits per heavy atom. The number of halogens is 2. The van der Waals surface area contributed by atoms with Gasteiger partial charge in [0.15, 0.2) is 0 Å². The van der Waals surface area contributed by atoms with Gasteiger partial charge in [-0.3, -0.25) is 4.79 Å². The van der Waals surface area contributed by atoms with E-state index in [4.69, 9.17) is 23.2 Å². The summed E-state index contributed by atoms with van der Waals surface area (Å²) in [4.78, 5) is 12.5. The highest BCUT2D eigenvalue weighted by molar-refractivity contribution is 6.42. The summed E-state index contributed by atoms with van der Waals surface area (Å²) in [5, 5.41) is 3.71. The lowest BCUT2D eigenvalue weighted by Gasteiger charge is -2.16. The monoisotopic (exact) mass is 324 g/mol. The molecule has 2 rings (SSSR count). The van der Waals surface area contributed by atoms with E-state index in [1.54, 1.807) is 17.7 Å². The summed E-state index contributed by atoms with van der Waals surface area (Å²) >= 11 is 12.0. The Balaban J connectivity index is 2.38. The first-order chi connectivity index (χ1) is 9.82. The van der Waals surface area contributed by atoms with Crippen LogP contribution in [0.1, 0.15) is 41.4 Å². The van der Waals surface area contributed by atoms with E-state index in [2.05, 4.69) is 19.2 Å². The Labute approximate surface area is 134 Å². The van der Waals surface area contributed by atoms with E-state index in [-0.39, 0.29) is 5.91 Å². The van der Waals surface area contributed by atoms with E-state index >= 15 is 0 Å². The smallest absolute Gasteiger partial charge is 0.272 e. The summed E-state index contributed by atoms with van der Waals surface area (Å²) in [6, 6.07) is 7.58. The van der Waals surface area contributed by atoms with E-state index in [1.165, 1.54) is 0 Å². The van der Waals surface area contributed by atoms with Crippen molar-refractivity contribution in [3.63, 3.8) is 0 Å². The number of para-hydroxylation sites is 1. The lowest BCUT2D eigenvalue weighted by atomic mass is 9.98. The lowest BCUT2D eigenvalue weighted by Crippen LogP contribution is -2.17. The van der Waals surface area contributed by atoms with Crippen LogP contribution in [0.3, 0.4) is 0 Å². The number of hydrogen-bond donors (Lipinski definition) is 1. The van der Waals surface area contributed by atoms with Gasteiger partial charge in [-0.2, -0.15) is 0 Å². The molecule has 1 aromatic carbocycles. The Hall–Kier alpha value is -1.45. The van der Waals surface area contributed by atoms with Crippen LogP contribution >= 0.6 is 23.2 Å². The molecule has 0 radical (unpaired) electrons. The van der Waals surface area contributed by atoms with Gasteiger partial charge in [0.1, 0.15) is 10.8 Å². The molecule has 0 aliphatic carbocycles. The second-order valence-electron chi connectivity index (χ2n) is 5.38. The maximum atomic E-state index is 12.5. The van der Waals surface area contributed by atoms with Crippen molar-refractivity contribution in [1.29, 1.82) is 0 Å². The average molecular weight is 325 g/mol. The van der Waals surface area contributed by atoms with Crippen molar-refractivity contribution >= 4 is 34.8 Å². The van der Waals surface area contributed by atoms with Gasteiger partial charge in [-0.05, 0) is 30.0 Å². The molecule has 0 saturated carbocycles. The highest BCUT2D eigenvalue weighted by atomic mass is 35.5. The number of rotatable bonds is 3. The molecule has 0 fully saturated rings. The van der Waals surface area contributed by atoms with Gasteiger partial charge in [-0.1, -0.05) is 55.2 Å². The topological polar surface area (TPSA) is 34.0 Å². The van der Waals surface area contributed by atoms with Crippen molar-refractivity contribution < 1.29 is 4.79 Å². The summed E-state index contributed by atoms with van der Waals surface area (Å²) in [5.74, 6) is 0.100. The molecule has 5 heteroatoms. The Kier molecular flexibility index (Phi) is 4.64. The molecule has 1 N–H and O–H groups in total. The fraction of sp³-hybridized carbons (Fsp3) is 0.312. The maximum absolute atomic E-state index is 12.5. The number of carbonyl (C=O) groups excluding carboxylic acids is 1. The number of nitrogens with zero attached hydrogens (tertiary/aromatic N) is 1. The molecule has 0 saturated heterocycles. The normalized spacial score (nSPS) is 11.0. The van der Waals surface area contributed by atoms with Gasteiger partial charge in [0.25, 0.3) is 5.91 Å². The predicted molar refractivity (Wildman–Crippen MR) is 88.7 cm³/mol. The fourth-order valence-corrected chi connectivity index (χ4v) is 2.66. The highest BCUT2D eigenvalue weighted by Gasteiger charge is 2.18. The number of nitrogens with one attached hydrogen (secondary N) is 1. The molecule has 1 heterocycles. The molecule has 1 amide bonds. The second-order valence-corrected chi connectivity index (χ2v) is 6.14. The molecular weight excluding hydrogens is 307 g/mol. The molecule has 0 spiro atoms. The molecule has 2 aromatic rings. The minimum atomic E-state index is -0.220. The van der Waals surface area contributed by atoms with Gasteiger partial charge in [-0.25, -0.2) is 0 Å². The number of carbonyl (C=O) groups is 1. The largest absolute Gasteiger partial charge is 0.329 e. The fourth-order valence-electron chi connectivity index (χ4n) is 2.28. The molecule has 1 aromatic heterocycles. The van der Waals surface area contributed by atoms with Crippen molar-refractivity contribution in [2.45, 2.75) is 26.7 Å². The predicted octanol–water partition coefficient (Wildman–Crippen LogP) is 5.02. The second kappa shape index (κ2) is 6.12. The number of hydrogen-bond acceptors (Lipinski definition) is 1. The van der Waals surface area contributed by atoms with Crippen molar-refractivity contribution in [3.8, 4) is 0 Å². The maximum Gasteiger partial charge on any atom is 0.272 e. The van der Waals surface area contributed by atoms with E-state index in [1.807, 2.05) is 25.1 Å². The third-order valence-corrected chi connectivity index (χ3v) is 4.36. The van der Waals surface area contributed by atoms with Crippen LogP contribution in [-0.2, 0) is 7.05 Å². The summed E-state index contributed by atoms with van der Waals surface area (Å²) in [7, 11) is 1.71. The molecule has 0 aliphatic rings. The van der Waals surface area contributed by atoms with Gasteiger partial charge in [0.05, 0.1) is 5.02 Å². The van der Waals surface area contributed by atoms with Crippen LogP contribution in [-0.4, -0.2) is 10.5 Å². The third kappa shape index (κ3) is 3.09. The van der Waals surface area contributed by atoms with Crippen molar-refractivity contribution in [2.75, 3.05) is 5.32 Å². The molecule has 3 nitrogen and oxygen atoms in total. The van der Waals surface area contributed by atoms with E-state index < -0.39 is 0 Å². The summed E-state index contributed by atoms with van der Waals surface area (Å²) in [5.41, 5.74) is 3.42. The molecule has 0 atom stereocenters. The molecule has 0 bridgehead atoms. The Morgan fingerprint density at radius 2 is 1.95 bits per heavy atom. The van der Waals surface area contributed by atoms with Crippen LogP contribution in [0.25, 0.3) is 0 Å². The zero-order valence-corrected chi connectivity index (χ0v) is 14.0. The minimum Gasteiger partial charge on any atom is -0.329 e. The zero-order valence-electron chi connectivity index (χ0n) is 12.5. The van der Waals surface area contributed by atoms with Crippen LogP contribution in [0.2, 0.25) is 10.2 Å². The number of benzene rings is 1. The molecule has 0 unspecified atom stereocenters. The summed E-state index contributed by atoms with van der Waals surface area (Å²) < 4.78 is 1.58. The van der Waals surface area contributed by atoms with Crippen LogP contribution in [0.5, 0.6) is 0 Å². The number of anilines is 1. The number of amides is 1. The standard InChI is InChI=1S/C16H18Cl2N2O/c1-9(2)11-7-5-6-10(3)14(11)19-16(21)13-8-12(17)15(18)20(13)4/h5-9H,1-4H3,(H,19,21). The van der Waals surface area contributed by atoms with Gasteiger partial charge in [0.2, 0.25) is 0 Å². The summed E-state index contributed by atoms with van der Waals surface area (Å²) in [6.45, 7) is 6.17. The minimum absolute atomic E-state index is 0.220. The van der Waals surface area contributed by atoms with Gasteiger partial charge < -0.3 is 9.88 Å². The van der Waals surface area contributed by atoms with Crippen molar-refractivity contribution in [1.82, 2.24) is 4.57 Å². The van der Waals surface area contributed by atoms with Gasteiger partial charge >= 0.3 is 0 Å². The van der Waals surface area contributed by atoms with E-state index in [9.17, 15) is 4.79 Å². The van der Waals surface area contributed by atoms with Crippen molar-refractivity contribution in [3.05, 3.63) is 51.3 Å². The Bertz CT molecular complexity index is 690. The van der Waals surface area contributed by atoms with Crippen LogP contribution in [0, 0.1) is 6.92 Å². The van der Waals surface area contributed by atoms with Crippen LogP contribution < -0.4 is 5.32 Å². The first kappa shape index (κ1) is 15.9. The number of aryl methyl sites for hydroxylation is 1. The Morgan fingerprint density at radius 1 is 1.29 bits per heavy atom. The van der Waals surface area contributed by atoms with Gasteiger partial charge in [0, 0.05) is 12.7 Å². The first-order valence-corrected chi connectivity index (χ1v) is 7.50.